The van der Waals surface area contributed by atoms with E-state index in [9.17, 15) is 18.0 Å². The number of hydrogen-bond donors (Lipinski definition) is 2. The van der Waals surface area contributed by atoms with Gasteiger partial charge in [0.2, 0.25) is 5.95 Å². The van der Waals surface area contributed by atoms with Crippen LogP contribution >= 0.6 is 11.6 Å². The number of alkyl halides is 3. The Morgan fingerprint density at radius 2 is 2.19 bits per heavy atom. The number of ether oxygens (including phenoxy) is 1. The van der Waals surface area contributed by atoms with E-state index >= 15 is 0 Å². The zero-order valence-corrected chi connectivity index (χ0v) is 14.8. The van der Waals surface area contributed by atoms with Crippen molar-refractivity contribution in [1.82, 2.24) is 15.3 Å². The molecule has 1 saturated heterocycles. The summed E-state index contributed by atoms with van der Waals surface area (Å²) in [6, 6.07) is 6.36. The first-order valence-electron chi connectivity index (χ1n) is 8.19. The second-order valence-electron chi connectivity index (χ2n) is 5.93. The third kappa shape index (κ3) is 5.08. The Bertz CT molecular complexity index is 826. The number of nitrogens with one attached hydrogen (secondary N) is 2. The van der Waals surface area contributed by atoms with Crippen LogP contribution in [0.25, 0.3) is 0 Å². The van der Waals surface area contributed by atoms with Gasteiger partial charge in [0.15, 0.2) is 5.69 Å². The van der Waals surface area contributed by atoms with Crippen LogP contribution in [0.4, 0.5) is 24.8 Å². The van der Waals surface area contributed by atoms with Crippen LogP contribution in [0.3, 0.4) is 0 Å². The summed E-state index contributed by atoms with van der Waals surface area (Å²) in [7, 11) is 0. The molecule has 0 aliphatic carbocycles. The summed E-state index contributed by atoms with van der Waals surface area (Å²) in [5.41, 5.74) is -1.53. The van der Waals surface area contributed by atoms with Gasteiger partial charge in [-0.05, 0) is 31.0 Å². The number of carbonyl (C=O) groups excluding carboxylic acids is 1. The highest BCUT2D eigenvalue weighted by atomic mass is 35.5. The molecule has 1 aliphatic rings. The number of nitrogens with zero attached hydrogens (tertiary/aromatic N) is 2. The second kappa shape index (κ2) is 8.10. The van der Waals surface area contributed by atoms with E-state index in [0.29, 0.717) is 17.3 Å². The average molecular weight is 401 g/mol. The van der Waals surface area contributed by atoms with E-state index in [1.807, 2.05) is 0 Å². The zero-order valence-electron chi connectivity index (χ0n) is 14.0. The van der Waals surface area contributed by atoms with E-state index in [1.54, 1.807) is 18.2 Å². The van der Waals surface area contributed by atoms with Gasteiger partial charge in [0.05, 0.1) is 11.7 Å². The number of aromatic nitrogens is 2. The highest BCUT2D eigenvalue weighted by Crippen LogP contribution is 2.31. The number of carbonyl (C=O) groups is 1. The van der Waals surface area contributed by atoms with E-state index in [4.69, 9.17) is 16.3 Å². The lowest BCUT2D eigenvalue weighted by Crippen LogP contribution is -2.33. The van der Waals surface area contributed by atoms with Crippen LogP contribution in [0.1, 0.15) is 28.9 Å². The molecule has 6 nitrogen and oxygen atoms in total. The van der Waals surface area contributed by atoms with Crippen LogP contribution < -0.4 is 10.6 Å². The Hall–Kier alpha value is -2.39. The van der Waals surface area contributed by atoms with Gasteiger partial charge in [-0.2, -0.15) is 13.2 Å². The van der Waals surface area contributed by atoms with Crippen LogP contribution in [-0.2, 0) is 10.9 Å². The van der Waals surface area contributed by atoms with E-state index in [0.717, 1.165) is 19.0 Å². The van der Waals surface area contributed by atoms with Gasteiger partial charge in [-0.25, -0.2) is 9.97 Å². The fourth-order valence-electron chi connectivity index (χ4n) is 2.63. The van der Waals surface area contributed by atoms with Crippen LogP contribution in [0.2, 0.25) is 5.02 Å². The molecule has 1 aromatic heterocycles. The van der Waals surface area contributed by atoms with Crippen LogP contribution in [0.5, 0.6) is 0 Å². The first-order chi connectivity index (χ1) is 12.8. The van der Waals surface area contributed by atoms with Crippen molar-refractivity contribution < 1.29 is 22.7 Å². The van der Waals surface area contributed by atoms with Gasteiger partial charge in [-0.1, -0.05) is 17.7 Å². The smallest absolute Gasteiger partial charge is 0.376 e. The number of benzene rings is 1. The summed E-state index contributed by atoms with van der Waals surface area (Å²) >= 11 is 5.85. The van der Waals surface area contributed by atoms with E-state index in [2.05, 4.69) is 20.6 Å². The maximum Gasteiger partial charge on any atom is 0.434 e. The number of amides is 1. The number of rotatable bonds is 5. The molecule has 1 aromatic carbocycles. The molecule has 1 fully saturated rings. The fraction of sp³-hybridized carbons (Fsp3) is 0.353. The highest BCUT2D eigenvalue weighted by molar-refractivity contribution is 6.30. The minimum Gasteiger partial charge on any atom is -0.376 e. The summed E-state index contributed by atoms with van der Waals surface area (Å²) in [5, 5.41) is 5.49. The summed E-state index contributed by atoms with van der Waals surface area (Å²) < 4.78 is 45.5. The number of halogens is 4. The van der Waals surface area contributed by atoms with Crippen LogP contribution in [-0.4, -0.2) is 35.1 Å². The van der Waals surface area contributed by atoms with Crippen molar-refractivity contribution in [3.8, 4) is 0 Å². The standard InChI is InChI=1S/C17H16ClF3N4O2/c18-10-3-1-4-11(7-10)24-16-23-9-13(14(25-16)17(19,20)21)15(26)22-8-12-5-2-6-27-12/h1,3-4,7,9,12H,2,5-6,8H2,(H,22,26)(H,23,24,25)/t12-/m1/s1. The Morgan fingerprint density at radius 3 is 2.85 bits per heavy atom. The van der Waals surface area contributed by atoms with Crippen molar-refractivity contribution in [2.45, 2.75) is 25.1 Å². The van der Waals surface area contributed by atoms with Crippen molar-refractivity contribution in [3.63, 3.8) is 0 Å². The average Bonchev–Trinajstić information content (AvgIpc) is 3.12. The predicted molar refractivity (Wildman–Crippen MR) is 93.1 cm³/mol. The van der Waals surface area contributed by atoms with Gasteiger partial charge in [0.1, 0.15) is 0 Å². The maximum atomic E-state index is 13.4. The van der Waals surface area contributed by atoms with Crippen molar-refractivity contribution in [2.75, 3.05) is 18.5 Å². The molecule has 3 rings (SSSR count). The summed E-state index contributed by atoms with van der Waals surface area (Å²) in [4.78, 5) is 19.5. The summed E-state index contributed by atoms with van der Waals surface area (Å²) in [5.74, 6) is -1.19. The Morgan fingerprint density at radius 1 is 1.37 bits per heavy atom. The van der Waals surface area contributed by atoms with Crippen LogP contribution in [0.15, 0.2) is 30.5 Å². The first kappa shape index (κ1) is 19.4. The van der Waals surface area contributed by atoms with Crippen molar-refractivity contribution in [3.05, 3.63) is 46.7 Å². The Balaban J connectivity index is 1.80. The summed E-state index contributed by atoms with van der Waals surface area (Å²) in [6.07, 6.45) is -2.53. The maximum absolute atomic E-state index is 13.4. The number of hydrogen-bond acceptors (Lipinski definition) is 5. The van der Waals surface area contributed by atoms with Crippen LogP contribution in [0, 0.1) is 0 Å². The molecule has 0 radical (unpaired) electrons. The lowest BCUT2D eigenvalue weighted by molar-refractivity contribution is -0.141. The molecule has 0 unspecified atom stereocenters. The lowest BCUT2D eigenvalue weighted by Gasteiger charge is -2.15. The van der Waals surface area contributed by atoms with Gasteiger partial charge < -0.3 is 15.4 Å². The molecule has 1 amide bonds. The quantitative estimate of drug-likeness (QED) is 0.798. The van der Waals surface area contributed by atoms with Gasteiger partial charge in [0, 0.05) is 30.1 Å². The van der Waals surface area contributed by atoms with Gasteiger partial charge in [0.25, 0.3) is 5.91 Å². The minimum absolute atomic E-state index is 0.138. The van der Waals surface area contributed by atoms with Crippen molar-refractivity contribution in [1.29, 1.82) is 0 Å². The Labute approximate surface area is 158 Å². The molecule has 1 aliphatic heterocycles. The van der Waals surface area contributed by atoms with Gasteiger partial charge in [-0.3, -0.25) is 4.79 Å². The molecule has 2 N–H and O–H groups in total. The monoisotopic (exact) mass is 400 g/mol. The Kier molecular flexibility index (Phi) is 5.81. The van der Waals surface area contributed by atoms with E-state index in [1.165, 1.54) is 6.07 Å². The van der Waals surface area contributed by atoms with E-state index < -0.39 is 23.3 Å². The summed E-state index contributed by atoms with van der Waals surface area (Å²) in [6.45, 7) is 0.722. The number of anilines is 2. The molecule has 0 spiro atoms. The van der Waals surface area contributed by atoms with Crippen molar-refractivity contribution >= 4 is 29.1 Å². The molecule has 1 atom stereocenters. The fourth-order valence-corrected chi connectivity index (χ4v) is 2.82. The van der Waals surface area contributed by atoms with Gasteiger partial charge >= 0.3 is 6.18 Å². The minimum atomic E-state index is -4.82. The molecule has 0 saturated carbocycles. The third-order valence-corrected chi connectivity index (χ3v) is 4.13. The first-order valence-corrected chi connectivity index (χ1v) is 8.57. The molecule has 27 heavy (non-hydrogen) atoms. The SMILES string of the molecule is O=C(NC[C@H]1CCCO1)c1cnc(Nc2cccc(Cl)c2)nc1C(F)(F)F. The van der Waals surface area contributed by atoms with Crippen molar-refractivity contribution in [2.24, 2.45) is 0 Å². The molecule has 2 heterocycles. The predicted octanol–water partition coefficient (Wildman–Crippen LogP) is 3.80. The van der Waals surface area contributed by atoms with Gasteiger partial charge in [-0.15, -0.1) is 0 Å². The molecular formula is C17H16ClF3N4O2. The topological polar surface area (TPSA) is 76.1 Å². The van der Waals surface area contributed by atoms with E-state index in [-0.39, 0.29) is 18.6 Å². The molecular weight excluding hydrogens is 385 g/mol. The molecule has 10 heteroatoms. The molecule has 2 aromatic rings. The highest BCUT2D eigenvalue weighted by Gasteiger charge is 2.38. The molecule has 144 valence electrons. The third-order valence-electron chi connectivity index (χ3n) is 3.90. The zero-order chi connectivity index (χ0) is 19.4. The molecule has 0 bridgehead atoms. The lowest BCUT2D eigenvalue weighted by atomic mass is 10.2. The largest absolute Gasteiger partial charge is 0.434 e. The second-order valence-corrected chi connectivity index (χ2v) is 6.37. The normalized spacial score (nSPS) is 17.0.